The molecule has 0 atom stereocenters. The third-order valence-electron chi connectivity index (χ3n) is 2.80. The first kappa shape index (κ1) is 17.5. The molecule has 0 heterocycles. The van der Waals surface area contributed by atoms with Crippen LogP contribution in [0, 0.1) is 19.8 Å². The zero-order valence-electron chi connectivity index (χ0n) is 12.8. The number of benzene rings is 1. The van der Waals surface area contributed by atoms with Crippen molar-refractivity contribution in [2.45, 2.75) is 32.6 Å². The van der Waals surface area contributed by atoms with E-state index in [0.29, 0.717) is 29.3 Å². The Morgan fingerprint density at radius 1 is 1.29 bits per heavy atom. The number of sulfonamides is 1. The Morgan fingerprint density at radius 2 is 1.81 bits per heavy atom. The second-order valence-electron chi connectivity index (χ2n) is 5.42. The molecule has 0 unspecified atom stereocenters. The number of ether oxygens (including phenoxy) is 1. The molecule has 118 valence electrons. The molecule has 0 fully saturated rings. The quantitative estimate of drug-likeness (QED) is 0.821. The fourth-order valence-electron chi connectivity index (χ4n) is 1.96. The molecule has 0 aromatic heterocycles. The highest BCUT2D eigenvalue weighted by molar-refractivity contribution is 7.89. The average Bonchev–Trinajstić information content (AvgIpc) is 2.31. The van der Waals surface area contributed by atoms with Gasteiger partial charge in [-0.05, 0) is 43.0 Å². The minimum Gasteiger partial charge on any atom is -0.484 e. The van der Waals surface area contributed by atoms with E-state index in [4.69, 9.17) is 9.88 Å². The van der Waals surface area contributed by atoms with Gasteiger partial charge in [0, 0.05) is 6.54 Å². The summed E-state index contributed by atoms with van der Waals surface area (Å²) in [5, 5.41) is 7.90. The van der Waals surface area contributed by atoms with Crippen LogP contribution in [0.2, 0.25) is 0 Å². The van der Waals surface area contributed by atoms with E-state index in [2.05, 4.69) is 5.32 Å². The number of nitrogens with two attached hydrogens (primary N) is 1. The van der Waals surface area contributed by atoms with E-state index in [9.17, 15) is 13.2 Å². The zero-order chi connectivity index (χ0) is 16.2. The van der Waals surface area contributed by atoms with Gasteiger partial charge < -0.3 is 10.1 Å². The van der Waals surface area contributed by atoms with E-state index in [1.54, 1.807) is 26.0 Å². The molecule has 1 rings (SSSR count). The van der Waals surface area contributed by atoms with Crippen molar-refractivity contribution in [2.75, 3.05) is 13.2 Å². The van der Waals surface area contributed by atoms with Crippen LogP contribution in [0.1, 0.15) is 25.0 Å². The number of rotatable bonds is 6. The topological polar surface area (TPSA) is 98.5 Å². The van der Waals surface area contributed by atoms with Crippen molar-refractivity contribution < 1.29 is 17.9 Å². The number of aryl methyl sites for hydroxylation is 2. The Bertz CT molecular complexity index is 601. The van der Waals surface area contributed by atoms with Gasteiger partial charge in [-0.25, -0.2) is 13.6 Å². The molecule has 7 heteroatoms. The summed E-state index contributed by atoms with van der Waals surface area (Å²) in [4.78, 5) is 11.7. The molecule has 1 amide bonds. The second kappa shape index (κ2) is 6.91. The summed E-state index contributed by atoms with van der Waals surface area (Å²) < 4.78 is 28.3. The van der Waals surface area contributed by atoms with Crippen LogP contribution in [-0.2, 0) is 14.8 Å². The fraction of sp³-hybridized carbons (Fsp3) is 0.500. The highest BCUT2D eigenvalue weighted by Crippen LogP contribution is 2.24. The van der Waals surface area contributed by atoms with Crippen LogP contribution in [-0.4, -0.2) is 27.5 Å². The molecule has 0 radical (unpaired) electrons. The molecule has 0 aliphatic heterocycles. The number of hydrogen-bond acceptors (Lipinski definition) is 4. The van der Waals surface area contributed by atoms with Crippen molar-refractivity contribution in [2.24, 2.45) is 11.1 Å². The first-order chi connectivity index (χ1) is 9.61. The normalized spacial score (nSPS) is 11.5. The van der Waals surface area contributed by atoms with Crippen LogP contribution >= 0.6 is 0 Å². The van der Waals surface area contributed by atoms with Gasteiger partial charge >= 0.3 is 0 Å². The summed E-state index contributed by atoms with van der Waals surface area (Å²) in [5.41, 5.74) is 0.991. The summed E-state index contributed by atoms with van der Waals surface area (Å²) in [6, 6.07) is 3.12. The molecule has 3 N–H and O–H groups in total. The molecular weight excluding hydrogens is 292 g/mol. The Hall–Kier alpha value is -1.60. The number of amides is 1. The summed E-state index contributed by atoms with van der Waals surface area (Å²) in [6.45, 7) is 7.75. The smallest absolute Gasteiger partial charge is 0.257 e. The Balaban J connectivity index is 2.77. The van der Waals surface area contributed by atoms with Crippen molar-refractivity contribution in [1.29, 1.82) is 0 Å². The van der Waals surface area contributed by atoms with Gasteiger partial charge in [0.25, 0.3) is 5.91 Å². The van der Waals surface area contributed by atoms with Gasteiger partial charge in [0.05, 0.1) is 4.90 Å². The van der Waals surface area contributed by atoms with E-state index in [1.807, 2.05) is 13.8 Å². The number of carbonyl (C=O) groups excluding carboxylic acids is 1. The predicted octanol–water partition coefficient (Wildman–Crippen LogP) is 1.10. The molecule has 0 saturated carbocycles. The summed E-state index contributed by atoms with van der Waals surface area (Å²) in [5.74, 6) is 0.596. The third kappa shape index (κ3) is 5.35. The largest absolute Gasteiger partial charge is 0.484 e. The summed E-state index contributed by atoms with van der Waals surface area (Å²) in [6.07, 6.45) is 0. The average molecular weight is 314 g/mol. The van der Waals surface area contributed by atoms with Crippen LogP contribution in [0.25, 0.3) is 0 Å². The molecule has 21 heavy (non-hydrogen) atoms. The molecule has 1 aromatic rings. The maximum Gasteiger partial charge on any atom is 0.257 e. The van der Waals surface area contributed by atoms with E-state index < -0.39 is 10.0 Å². The molecule has 0 bridgehead atoms. The first-order valence-electron chi connectivity index (χ1n) is 6.64. The van der Waals surface area contributed by atoms with Gasteiger partial charge in [-0.2, -0.15) is 0 Å². The SMILES string of the molecule is Cc1cc(OCC(=O)NCC(C)C)cc(C)c1S(N)(=O)=O. The predicted molar refractivity (Wildman–Crippen MR) is 80.6 cm³/mol. The summed E-state index contributed by atoms with van der Waals surface area (Å²) in [7, 11) is -3.77. The number of primary sulfonamides is 1. The van der Waals surface area contributed by atoms with Crippen molar-refractivity contribution in [3.05, 3.63) is 23.3 Å². The molecule has 0 saturated heterocycles. The molecule has 0 spiro atoms. The number of hydrogen-bond donors (Lipinski definition) is 2. The van der Waals surface area contributed by atoms with E-state index >= 15 is 0 Å². The Labute approximate surface area is 125 Å². The fourth-order valence-corrected chi connectivity index (χ4v) is 2.98. The minimum atomic E-state index is -3.77. The van der Waals surface area contributed by atoms with Crippen molar-refractivity contribution in [1.82, 2.24) is 5.32 Å². The van der Waals surface area contributed by atoms with Gasteiger partial charge in [0.2, 0.25) is 10.0 Å². The first-order valence-corrected chi connectivity index (χ1v) is 8.19. The number of nitrogens with one attached hydrogen (secondary N) is 1. The lowest BCUT2D eigenvalue weighted by Gasteiger charge is -2.12. The van der Waals surface area contributed by atoms with Crippen LogP contribution < -0.4 is 15.2 Å². The third-order valence-corrected chi connectivity index (χ3v) is 4.01. The lowest BCUT2D eigenvalue weighted by Crippen LogP contribution is -2.31. The monoisotopic (exact) mass is 314 g/mol. The minimum absolute atomic E-state index is 0.0964. The van der Waals surface area contributed by atoms with E-state index in [0.717, 1.165) is 0 Å². The second-order valence-corrected chi connectivity index (χ2v) is 6.92. The maximum absolute atomic E-state index is 11.6. The van der Waals surface area contributed by atoms with Crippen LogP contribution in [0.4, 0.5) is 0 Å². The molecule has 0 aliphatic carbocycles. The lowest BCUT2D eigenvalue weighted by atomic mass is 10.1. The molecule has 6 nitrogen and oxygen atoms in total. The van der Waals surface area contributed by atoms with Gasteiger partial charge in [-0.1, -0.05) is 13.8 Å². The summed E-state index contributed by atoms with van der Waals surface area (Å²) >= 11 is 0. The highest BCUT2D eigenvalue weighted by Gasteiger charge is 2.16. The number of carbonyl (C=O) groups is 1. The van der Waals surface area contributed by atoms with Gasteiger partial charge in [-0.3, -0.25) is 4.79 Å². The van der Waals surface area contributed by atoms with Crippen LogP contribution in [0.5, 0.6) is 5.75 Å². The van der Waals surface area contributed by atoms with Crippen molar-refractivity contribution in [3.8, 4) is 5.75 Å². The van der Waals surface area contributed by atoms with E-state index in [1.165, 1.54) is 0 Å². The van der Waals surface area contributed by atoms with Gasteiger partial charge in [0.15, 0.2) is 6.61 Å². The van der Waals surface area contributed by atoms with Crippen molar-refractivity contribution in [3.63, 3.8) is 0 Å². The Morgan fingerprint density at radius 3 is 2.24 bits per heavy atom. The van der Waals surface area contributed by atoms with Crippen LogP contribution in [0.15, 0.2) is 17.0 Å². The lowest BCUT2D eigenvalue weighted by molar-refractivity contribution is -0.123. The standard InChI is InChI=1S/C14H22N2O4S/c1-9(2)7-16-13(17)8-20-12-5-10(3)14(11(4)6-12)21(15,18)19/h5-6,9H,7-8H2,1-4H3,(H,16,17)(H2,15,18,19). The molecule has 0 aliphatic rings. The Kier molecular flexibility index (Phi) is 5.74. The molecular formula is C14H22N2O4S. The van der Waals surface area contributed by atoms with Crippen molar-refractivity contribution >= 4 is 15.9 Å². The van der Waals surface area contributed by atoms with Crippen LogP contribution in [0.3, 0.4) is 0 Å². The van der Waals surface area contributed by atoms with Gasteiger partial charge in [-0.15, -0.1) is 0 Å². The highest BCUT2D eigenvalue weighted by atomic mass is 32.2. The van der Waals surface area contributed by atoms with E-state index in [-0.39, 0.29) is 17.4 Å². The molecule has 1 aromatic carbocycles. The van der Waals surface area contributed by atoms with Gasteiger partial charge in [0.1, 0.15) is 5.75 Å². The maximum atomic E-state index is 11.6. The zero-order valence-corrected chi connectivity index (χ0v) is 13.6.